The van der Waals surface area contributed by atoms with Gasteiger partial charge in [0, 0.05) is 23.4 Å². The Kier molecular flexibility index (Phi) is 7.15. The molecule has 0 radical (unpaired) electrons. The number of anilines is 1. The predicted octanol–water partition coefficient (Wildman–Crippen LogP) is 5.10. The van der Waals surface area contributed by atoms with Gasteiger partial charge in [0.05, 0.1) is 28.7 Å². The van der Waals surface area contributed by atoms with Gasteiger partial charge in [-0.3, -0.25) is 24.6 Å². The van der Waals surface area contributed by atoms with Crippen LogP contribution in [0.3, 0.4) is 0 Å². The SMILES string of the molecule is CCCOC(=O)c1ccc(N2C(=O)C(=O)/C(=C(\O)c3ccc([N+](=O)[O-])cc3)C2c2cccc(C)c2)cc1. The topological polar surface area (TPSA) is 127 Å². The maximum atomic E-state index is 13.3. The molecule has 1 heterocycles. The number of rotatable bonds is 7. The summed E-state index contributed by atoms with van der Waals surface area (Å²) in [4.78, 5) is 50.4. The number of ether oxygens (including phenoxy) is 1. The smallest absolute Gasteiger partial charge is 0.338 e. The lowest BCUT2D eigenvalue weighted by atomic mass is 9.94. The fourth-order valence-corrected chi connectivity index (χ4v) is 4.19. The Hall–Kier alpha value is -4.79. The minimum Gasteiger partial charge on any atom is -0.507 e. The van der Waals surface area contributed by atoms with Crippen LogP contribution in [0.4, 0.5) is 11.4 Å². The number of nitro groups is 1. The molecule has 1 amide bonds. The lowest BCUT2D eigenvalue weighted by Gasteiger charge is -2.26. The normalized spacial score (nSPS) is 16.6. The van der Waals surface area contributed by atoms with Crippen LogP contribution in [0.5, 0.6) is 0 Å². The number of esters is 1. The zero-order valence-corrected chi connectivity index (χ0v) is 20.2. The zero-order chi connectivity index (χ0) is 26.7. The van der Waals surface area contributed by atoms with Crippen molar-refractivity contribution in [2.45, 2.75) is 26.3 Å². The second kappa shape index (κ2) is 10.4. The van der Waals surface area contributed by atoms with E-state index in [1.165, 1.54) is 41.3 Å². The van der Waals surface area contributed by atoms with E-state index >= 15 is 0 Å². The van der Waals surface area contributed by atoms with Gasteiger partial charge in [-0.05, 0) is 55.3 Å². The second-order valence-electron chi connectivity index (χ2n) is 8.57. The van der Waals surface area contributed by atoms with E-state index in [4.69, 9.17) is 4.74 Å². The standard InChI is InChI=1S/C28H24N2O7/c1-3-15-37-28(34)19-9-11-21(12-10-19)29-24(20-6-4-5-17(2)16-20)23(26(32)27(29)33)25(31)18-7-13-22(14-8-18)30(35)36/h4-14,16,24,31H,3,15H2,1-2H3/b25-23-. The van der Waals surface area contributed by atoms with Crippen LogP contribution in [0, 0.1) is 17.0 Å². The van der Waals surface area contributed by atoms with E-state index in [1.807, 2.05) is 26.0 Å². The molecule has 37 heavy (non-hydrogen) atoms. The van der Waals surface area contributed by atoms with Gasteiger partial charge in [-0.1, -0.05) is 36.8 Å². The van der Waals surface area contributed by atoms with E-state index in [0.717, 1.165) is 5.56 Å². The van der Waals surface area contributed by atoms with Crippen LogP contribution in [0.25, 0.3) is 5.76 Å². The van der Waals surface area contributed by atoms with Crippen LogP contribution in [0.15, 0.2) is 78.4 Å². The molecule has 1 aliphatic rings. The number of benzene rings is 3. The maximum Gasteiger partial charge on any atom is 0.338 e. The minimum atomic E-state index is -0.965. The molecule has 1 atom stereocenters. The third-order valence-electron chi connectivity index (χ3n) is 5.97. The quantitative estimate of drug-likeness (QED) is 0.119. The van der Waals surface area contributed by atoms with Crippen molar-refractivity contribution in [1.29, 1.82) is 0 Å². The van der Waals surface area contributed by atoms with E-state index in [-0.39, 0.29) is 23.4 Å². The summed E-state index contributed by atoms with van der Waals surface area (Å²) in [5.74, 6) is -2.68. The first kappa shape index (κ1) is 25.3. The van der Waals surface area contributed by atoms with Gasteiger partial charge < -0.3 is 9.84 Å². The van der Waals surface area contributed by atoms with Crippen LogP contribution in [-0.2, 0) is 14.3 Å². The molecule has 188 valence electrons. The number of non-ortho nitro benzene ring substituents is 1. The van der Waals surface area contributed by atoms with Crippen LogP contribution < -0.4 is 4.90 Å². The molecule has 0 aromatic heterocycles. The summed E-state index contributed by atoms with van der Waals surface area (Å²) in [6, 6.07) is 17.4. The summed E-state index contributed by atoms with van der Waals surface area (Å²) in [6.07, 6.45) is 0.680. The van der Waals surface area contributed by atoms with E-state index in [9.17, 15) is 29.6 Å². The summed E-state index contributed by atoms with van der Waals surface area (Å²) in [7, 11) is 0. The molecule has 1 saturated heterocycles. The number of carbonyl (C=O) groups is 3. The third kappa shape index (κ3) is 4.97. The lowest BCUT2D eigenvalue weighted by Crippen LogP contribution is -2.29. The Bertz CT molecular complexity index is 1410. The number of hydrogen-bond acceptors (Lipinski definition) is 7. The molecule has 0 aliphatic carbocycles. The van der Waals surface area contributed by atoms with Crippen molar-refractivity contribution in [2.75, 3.05) is 11.5 Å². The fourth-order valence-electron chi connectivity index (χ4n) is 4.19. The van der Waals surface area contributed by atoms with Crippen molar-refractivity contribution in [2.24, 2.45) is 0 Å². The molecular formula is C28H24N2O7. The highest BCUT2D eigenvalue weighted by Gasteiger charge is 2.47. The van der Waals surface area contributed by atoms with E-state index in [2.05, 4.69) is 0 Å². The third-order valence-corrected chi connectivity index (χ3v) is 5.97. The molecule has 1 N–H and O–H groups in total. The fraction of sp³-hybridized carbons (Fsp3) is 0.179. The average Bonchev–Trinajstić information content (AvgIpc) is 3.17. The van der Waals surface area contributed by atoms with Crippen LogP contribution >= 0.6 is 0 Å². The second-order valence-corrected chi connectivity index (χ2v) is 8.57. The minimum absolute atomic E-state index is 0.143. The number of aryl methyl sites for hydroxylation is 1. The van der Waals surface area contributed by atoms with Gasteiger partial charge >= 0.3 is 5.97 Å². The number of carbonyl (C=O) groups excluding carboxylic acids is 3. The van der Waals surface area contributed by atoms with Crippen molar-refractivity contribution in [3.8, 4) is 0 Å². The first-order valence-electron chi connectivity index (χ1n) is 11.6. The first-order chi connectivity index (χ1) is 17.7. The van der Waals surface area contributed by atoms with Crippen LogP contribution in [0.1, 0.15) is 46.4 Å². The number of aliphatic hydroxyl groups excluding tert-OH is 1. The van der Waals surface area contributed by atoms with Gasteiger partial charge in [0.2, 0.25) is 0 Å². The van der Waals surface area contributed by atoms with Crippen molar-refractivity contribution in [3.63, 3.8) is 0 Å². The Morgan fingerprint density at radius 2 is 1.68 bits per heavy atom. The van der Waals surface area contributed by atoms with E-state index in [0.29, 0.717) is 23.2 Å². The van der Waals surface area contributed by atoms with Crippen LogP contribution in [0.2, 0.25) is 0 Å². The van der Waals surface area contributed by atoms with E-state index in [1.54, 1.807) is 24.3 Å². The number of nitrogens with zero attached hydrogens (tertiary/aromatic N) is 2. The summed E-state index contributed by atoms with van der Waals surface area (Å²) >= 11 is 0. The Morgan fingerprint density at radius 1 is 1.03 bits per heavy atom. The van der Waals surface area contributed by atoms with Crippen LogP contribution in [-0.4, -0.2) is 34.3 Å². The number of hydrogen-bond donors (Lipinski definition) is 1. The lowest BCUT2D eigenvalue weighted by molar-refractivity contribution is -0.384. The molecule has 0 spiro atoms. The van der Waals surface area contributed by atoms with E-state index < -0.39 is 34.4 Å². The van der Waals surface area contributed by atoms with Gasteiger partial charge in [-0.15, -0.1) is 0 Å². The highest BCUT2D eigenvalue weighted by molar-refractivity contribution is 6.51. The monoisotopic (exact) mass is 500 g/mol. The molecule has 0 saturated carbocycles. The Balaban J connectivity index is 1.82. The highest BCUT2D eigenvalue weighted by atomic mass is 16.6. The van der Waals surface area contributed by atoms with Gasteiger partial charge in [0.25, 0.3) is 17.4 Å². The maximum absolute atomic E-state index is 13.3. The number of ketones is 1. The molecule has 1 fully saturated rings. The largest absolute Gasteiger partial charge is 0.507 e. The summed E-state index contributed by atoms with van der Waals surface area (Å²) < 4.78 is 5.15. The van der Waals surface area contributed by atoms with Gasteiger partial charge in [0.1, 0.15) is 5.76 Å². The molecule has 3 aromatic carbocycles. The number of Topliss-reactive ketones (excluding diaryl/α,β-unsaturated/α-hetero) is 1. The predicted molar refractivity (Wildman–Crippen MR) is 136 cm³/mol. The summed E-state index contributed by atoms with van der Waals surface area (Å²) in [5.41, 5.74) is 1.97. The summed E-state index contributed by atoms with van der Waals surface area (Å²) in [6.45, 7) is 4.03. The molecule has 1 unspecified atom stereocenters. The number of nitro benzene ring substituents is 1. The molecule has 9 nitrogen and oxygen atoms in total. The number of aliphatic hydroxyl groups is 1. The molecular weight excluding hydrogens is 476 g/mol. The molecule has 4 rings (SSSR count). The van der Waals surface area contributed by atoms with Crippen molar-refractivity contribution in [1.82, 2.24) is 0 Å². The molecule has 0 bridgehead atoms. The number of amides is 1. The first-order valence-corrected chi connectivity index (χ1v) is 11.6. The Labute approximate surface area is 212 Å². The van der Waals surface area contributed by atoms with Crippen molar-refractivity contribution >= 4 is 34.8 Å². The highest BCUT2D eigenvalue weighted by Crippen LogP contribution is 2.42. The van der Waals surface area contributed by atoms with Gasteiger partial charge in [-0.2, -0.15) is 0 Å². The summed E-state index contributed by atoms with van der Waals surface area (Å²) in [5, 5.41) is 22.2. The van der Waals surface area contributed by atoms with Gasteiger partial charge in [0.15, 0.2) is 0 Å². The van der Waals surface area contributed by atoms with Gasteiger partial charge in [-0.25, -0.2) is 4.79 Å². The zero-order valence-electron chi connectivity index (χ0n) is 20.2. The van der Waals surface area contributed by atoms with Crippen molar-refractivity contribution in [3.05, 3.63) is 111 Å². The molecule has 9 heteroatoms. The average molecular weight is 501 g/mol. The molecule has 3 aromatic rings. The van der Waals surface area contributed by atoms with Crippen molar-refractivity contribution < 1.29 is 29.2 Å². The Morgan fingerprint density at radius 3 is 2.27 bits per heavy atom. The molecule has 1 aliphatic heterocycles.